The van der Waals surface area contributed by atoms with E-state index in [4.69, 9.17) is 14.6 Å². The largest absolute Gasteiger partial charge is 0.497 e. The van der Waals surface area contributed by atoms with Crippen molar-refractivity contribution < 1.29 is 14.3 Å². The summed E-state index contributed by atoms with van der Waals surface area (Å²) in [5.41, 5.74) is 3.54. The molecule has 1 amide bonds. The van der Waals surface area contributed by atoms with E-state index < -0.39 is 0 Å². The lowest BCUT2D eigenvalue weighted by Gasteiger charge is -2.27. The zero-order valence-corrected chi connectivity index (χ0v) is 20.3. The molecule has 1 saturated heterocycles. The molecule has 34 heavy (non-hydrogen) atoms. The lowest BCUT2D eigenvalue weighted by Crippen LogP contribution is -2.30. The van der Waals surface area contributed by atoms with Crippen LogP contribution in [-0.2, 0) is 11.2 Å². The molecular weight excluding hydrogens is 432 g/mol. The molecule has 0 radical (unpaired) electrons. The number of benzene rings is 1. The monoisotopic (exact) mass is 464 g/mol. The van der Waals surface area contributed by atoms with Crippen LogP contribution in [0.25, 0.3) is 5.82 Å². The van der Waals surface area contributed by atoms with Crippen molar-refractivity contribution in [2.24, 2.45) is 0 Å². The van der Waals surface area contributed by atoms with Crippen molar-refractivity contribution in [1.29, 1.82) is 0 Å². The Balaban J connectivity index is 1.46. The zero-order valence-electron chi connectivity index (χ0n) is 20.3. The van der Waals surface area contributed by atoms with Gasteiger partial charge in [0.05, 0.1) is 25.6 Å². The van der Waals surface area contributed by atoms with E-state index in [0.29, 0.717) is 30.0 Å². The van der Waals surface area contributed by atoms with E-state index in [-0.39, 0.29) is 5.91 Å². The lowest BCUT2D eigenvalue weighted by atomic mass is 10.1. The van der Waals surface area contributed by atoms with Crippen LogP contribution in [0.2, 0.25) is 0 Å². The number of amides is 1. The number of nitrogens with one attached hydrogen (secondary N) is 1. The number of carbonyl (C=O) groups excluding carboxylic acids is 1. The number of anilines is 2. The fourth-order valence-corrected chi connectivity index (χ4v) is 4.36. The SMILES string of the molecule is COc1ccc(NC(=O)CCc2c(C)nn(-c3cc(N4CCCCC4)ncn3)c2C)c(OC)c1. The maximum Gasteiger partial charge on any atom is 0.224 e. The molecule has 2 aromatic heterocycles. The number of methoxy groups -OCH3 is 2. The fraction of sp³-hybridized carbons (Fsp3) is 0.440. The number of rotatable bonds is 8. The van der Waals surface area contributed by atoms with Crippen LogP contribution in [0.5, 0.6) is 11.5 Å². The Hall–Kier alpha value is -3.62. The highest BCUT2D eigenvalue weighted by Crippen LogP contribution is 2.29. The summed E-state index contributed by atoms with van der Waals surface area (Å²) in [6, 6.07) is 7.31. The second-order valence-electron chi connectivity index (χ2n) is 8.46. The van der Waals surface area contributed by atoms with Gasteiger partial charge in [-0.15, -0.1) is 0 Å². The Bertz CT molecular complexity index is 1150. The van der Waals surface area contributed by atoms with E-state index in [1.54, 1.807) is 38.7 Å². The number of hydrogen-bond donors (Lipinski definition) is 1. The average molecular weight is 465 g/mol. The van der Waals surface area contributed by atoms with Crippen molar-refractivity contribution in [2.75, 3.05) is 37.5 Å². The topological polar surface area (TPSA) is 94.4 Å². The number of nitrogens with zero attached hydrogens (tertiary/aromatic N) is 5. The normalized spacial score (nSPS) is 13.6. The number of aryl methyl sites for hydroxylation is 1. The molecule has 4 rings (SSSR count). The van der Waals surface area contributed by atoms with Gasteiger partial charge in [0.15, 0.2) is 5.82 Å². The first kappa shape index (κ1) is 23.5. The van der Waals surface area contributed by atoms with E-state index >= 15 is 0 Å². The van der Waals surface area contributed by atoms with Crippen molar-refractivity contribution >= 4 is 17.4 Å². The number of hydrogen-bond acceptors (Lipinski definition) is 7. The molecule has 1 aliphatic rings. The lowest BCUT2D eigenvalue weighted by molar-refractivity contribution is -0.116. The van der Waals surface area contributed by atoms with Crippen molar-refractivity contribution in [3.8, 4) is 17.3 Å². The summed E-state index contributed by atoms with van der Waals surface area (Å²) in [4.78, 5) is 23.9. The van der Waals surface area contributed by atoms with E-state index in [2.05, 4.69) is 20.2 Å². The highest BCUT2D eigenvalue weighted by atomic mass is 16.5. The molecule has 0 spiro atoms. The molecule has 3 aromatic rings. The molecule has 0 saturated carbocycles. The molecule has 1 aromatic carbocycles. The van der Waals surface area contributed by atoms with Crippen LogP contribution >= 0.6 is 0 Å². The van der Waals surface area contributed by atoms with E-state index in [0.717, 1.165) is 41.7 Å². The minimum absolute atomic E-state index is 0.0931. The van der Waals surface area contributed by atoms with E-state index in [1.165, 1.54) is 19.3 Å². The maximum atomic E-state index is 12.7. The van der Waals surface area contributed by atoms with Gasteiger partial charge in [0.1, 0.15) is 23.6 Å². The Morgan fingerprint density at radius 2 is 1.79 bits per heavy atom. The molecule has 0 unspecified atom stereocenters. The highest BCUT2D eigenvalue weighted by molar-refractivity contribution is 5.92. The third-order valence-electron chi connectivity index (χ3n) is 6.26. The number of piperidine rings is 1. The Morgan fingerprint density at radius 3 is 2.53 bits per heavy atom. The Kier molecular flexibility index (Phi) is 7.30. The van der Waals surface area contributed by atoms with Crippen LogP contribution in [0.4, 0.5) is 11.5 Å². The van der Waals surface area contributed by atoms with Gasteiger partial charge in [-0.1, -0.05) is 0 Å². The predicted octanol–water partition coefficient (Wildman–Crippen LogP) is 3.86. The smallest absolute Gasteiger partial charge is 0.224 e. The van der Waals surface area contributed by atoms with Crippen LogP contribution in [0.3, 0.4) is 0 Å². The number of ether oxygens (including phenoxy) is 2. The molecule has 0 atom stereocenters. The standard InChI is InChI=1S/C25H32N6O3/c1-17-20(9-11-25(32)28-21-10-8-19(33-3)14-22(21)34-4)18(2)31(29-17)24-15-23(26-16-27-24)30-12-6-5-7-13-30/h8,10,14-16H,5-7,9,11-13H2,1-4H3,(H,28,32). The summed E-state index contributed by atoms with van der Waals surface area (Å²) in [5.74, 6) is 2.81. The zero-order chi connectivity index (χ0) is 24.1. The van der Waals surface area contributed by atoms with Gasteiger partial charge in [0.25, 0.3) is 0 Å². The molecular formula is C25H32N6O3. The van der Waals surface area contributed by atoms with Gasteiger partial charge in [-0.05, 0) is 57.2 Å². The van der Waals surface area contributed by atoms with Crippen LogP contribution < -0.4 is 19.7 Å². The number of carbonyl (C=O) groups is 1. The van der Waals surface area contributed by atoms with Crippen molar-refractivity contribution in [3.05, 3.63) is 47.5 Å². The Morgan fingerprint density at radius 1 is 1.03 bits per heavy atom. The summed E-state index contributed by atoms with van der Waals surface area (Å²) < 4.78 is 12.4. The minimum atomic E-state index is -0.0931. The first-order valence-electron chi connectivity index (χ1n) is 11.6. The van der Waals surface area contributed by atoms with Crippen LogP contribution in [0, 0.1) is 13.8 Å². The van der Waals surface area contributed by atoms with Crippen LogP contribution in [0.1, 0.15) is 42.6 Å². The van der Waals surface area contributed by atoms with Gasteiger partial charge in [-0.25, -0.2) is 14.6 Å². The van der Waals surface area contributed by atoms with Crippen molar-refractivity contribution in [2.45, 2.75) is 46.0 Å². The fourth-order valence-electron chi connectivity index (χ4n) is 4.36. The first-order chi connectivity index (χ1) is 16.5. The second-order valence-corrected chi connectivity index (χ2v) is 8.46. The third kappa shape index (κ3) is 5.13. The first-order valence-corrected chi connectivity index (χ1v) is 11.6. The van der Waals surface area contributed by atoms with Crippen molar-refractivity contribution in [1.82, 2.24) is 19.7 Å². The van der Waals surface area contributed by atoms with Gasteiger partial charge in [-0.2, -0.15) is 5.10 Å². The van der Waals surface area contributed by atoms with Crippen molar-refractivity contribution in [3.63, 3.8) is 0 Å². The molecule has 1 aliphatic heterocycles. The predicted molar refractivity (Wildman–Crippen MR) is 131 cm³/mol. The van der Waals surface area contributed by atoms with Gasteiger partial charge in [-0.3, -0.25) is 4.79 Å². The quantitative estimate of drug-likeness (QED) is 0.541. The molecule has 0 aliphatic carbocycles. The van der Waals surface area contributed by atoms with Crippen LogP contribution in [-0.4, -0.2) is 53.0 Å². The van der Waals surface area contributed by atoms with Gasteiger partial charge >= 0.3 is 0 Å². The molecule has 9 nitrogen and oxygen atoms in total. The molecule has 0 bridgehead atoms. The summed E-state index contributed by atoms with van der Waals surface area (Å²) >= 11 is 0. The molecule has 1 fully saturated rings. The summed E-state index contributed by atoms with van der Waals surface area (Å²) in [7, 11) is 3.16. The van der Waals surface area contributed by atoms with Crippen LogP contribution in [0.15, 0.2) is 30.6 Å². The second kappa shape index (κ2) is 10.5. The van der Waals surface area contributed by atoms with Gasteiger partial charge in [0.2, 0.25) is 5.91 Å². The summed E-state index contributed by atoms with van der Waals surface area (Å²) in [6.45, 7) is 6.03. The Labute approximate surface area is 200 Å². The summed E-state index contributed by atoms with van der Waals surface area (Å²) in [5, 5.41) is 7.65. The highest BCUT2D eigenvalue weighted by Gasteiger charge is 2.18. The third-order valence-corrected chi connectivity index (χ3v) is 6.26. The van der Waals surface area contributed by atoms with E-state index in [1.807, 2.05) is 24.6 Å². The molecule has 1 N–H and O–H groups in total. The number of aromatic nitrogens is 4. The molecule has 180 valence electrons. The summed E-state index contributed by atoms with van der Waals surface area (Å²) in [6.07, 6.45) is 6.15. The molecule has 3 heterocycles. The van der Waals surface area contributed by atoms with E-state index in [9.17, 15) is 4.79 Å². The van der Waals surface area contributed by atoms with Gasteiger partial charge < -0.3 is 19.7 Å². The molecule has 9 heteroatoms. The average Bonchev–Trinajstić information content (AvgIpc) is 3.16. The maximum absolute atomic E-state index is 12.7. The minimum Gasteiger partial charge on any atom is -0.497 e. The van der Waals surface area contributed by atoms with Gasteiger partial charge in [0, 0.05) is 37.3 Å².